The topological polar surface area (TPSA) is 91.7 Å². The first-order valence-corrected chi connectivity index (χ1v) is 9.79. The summed E-state index contributed by atoms with van der Waals surface area (Å²) >= 11 is 0. The molecule has 0 bridgehead atoms. The highest BCUT2D eigenvalue weighted by Gasteiger charge is 2.22. The zero-order valence-corrected chi connectivity index (χ0v) is 16.4. The van der Waals surface area contributed by atoms with E-state index in [1.54, 1.807) is 12.3 Å². The van der Waals surface area contributed by atoms with Crippen LogP contribution in [0.15, 0.2) is 48.7 Å². The molecule has 6 heteroatoms. The summed E-state index contributed by atoms with van der Waals surface area (Å²) in [5, 5.41) is 21.9. The van der Waals surface area contributed by atoms with Crippen LogP contribution in [0, 0.1) is 6.92 Å². The summed E-state index contributed by atoms with van der Waals surface area (Å²) in [5.74, 6) is -0.0910. The molecule has 6 nitrogen and oxygen atoms in total. The second-order valence-electron chi connectivity index (χ2n) is 7.53. The molecule has 1 aromatic heterocycles. The molecular formula is C24H20N2O4. The van der Waals surface area contributed by atoms with E-state index in [0.29, 0.717) is 12.3 Å². The molecule has 2 heterocycles. The van der Waals surface area contributed by atoms with Crippen LogP contribution in [-0.2, 0) is 17.6 Å². The third kappa shape index (κ3) is 2.76. The average Bonchev–Trinajstić information content (AvgIpc) is 2.75. The van der Waals surface area contributed by atoms with Gasteiger partial charge in [-0.15, -0.1) is 0 Å². The number of benzene rings is 3. The van der Waals surface area contributed by atoms with Crippen LogP contribution < -0.4 is 10.2 Å². The average molecular weight is 400 g/mol. The molecule has 3 N–H and O–H groups in total. The molecular weight excluding hydrogens is 380 g/mol. The first kappa shape index (κ1) is 18.4. The maximum Gasteiger partial charge on any atom is 0.307 e. The Labute approximate surface area is 172 Å². The third-order valence-corrected chi connectivity index (χ3v) is 5.80. The summed E-state index contributed by atoms with van der Waals surface area (Å²) in [5.41, 5.74) is 8.07. The van der Waals surface area contributed by atoms with Gasteiger partial charge in [-0.25, -0.2) is 0 Å². The molecule has 1 aliphatic rings. The molecule has 4 aromatic rings. The Morgan fingerprint density at radius 1 is 1.20 bits per heavy atom. The number of hydrogen-bond acceptors (Lipinski definition) is 5. The number of carbonyl (C=O) groups is 1. The van der Waals surface area contributed by atoms with Crippen molar-refractivity contribution in [3.8, 4) is 16.9 Å². The number of rotatable bonds is 4. The van der Waals surface area contributed by atoms with Crippen LogP contribution in [-0.4, -0.2) is 27.9 Å². The molecule has 0 atom stereocenters. The molecule has 0 aliphatic carbocycles. The molecule has 3 aromatic carbocycles. The van der Waals surface area contributed by atoms with Crippen molar-refractivity contribution in [2.45, 2.75) is 19.8 Å². The van der Waals surface area contributed by atoms with Gasteiger partial charge in [0.15, 0.2) is 0 Å². The van der Waals surface area contributed by atoms with Crippen molar-refractivity contribution in [3.63, 3.8) is 0 Å². The van der Waals surface area contributed by atoms with E-state index in [9.17, 15) is 15.1 Å². The van der Waals surface area contributed by atoms with Crippen LogP contribution in [0.25, 0.3) is 32.8 Å². The largest absolute Gasteiger partial charge is 0.493 e. The Balaban J connectivity index is 1.94. The van der Waals surface area contributed by atoms with Gasteiger partial charge >= 0.3 is 5.97 Å². The van der Waals surface area contributed by atoms with E-state index in [1.165, 1.54) is 5.56 Å². The van der Waals surface area contributed by atoms with Crippen molar-refractivity contribution in [3.05, 3.63) is 65.4 Å². The lowest BCUT2D eigenvalue weighted by atomic mass is 9.86. The van der Waals surface area contributed by atoms with Crippen molar-refractivity contribution in [1.82, 2.24) is 4.98 Å². The number of anilines is 1. The lowest BCUT2D eigenvalue weighted by molar-refractivity contribution is -0.136. The molecule has 0 radical (unpaired) electrons. The van der Waals surface area contributed by atoms with Crippen molar-refractivity contribution in [2.75, 3.05) is 12.1 Å². The molecule has 0 unspecified atom stereocenters. The van der Waals surface area contributed by atoms with Crippen molar-refractivity contribution in [2.24, 2.45) is 0 Å². The molecule has 5 rings (SSSR count). The second kappa shape index (κ2) is 7.00. The highest BCUT2D eigenvalue weighted by atomic mass is 16.5. The number of nitrogens with zero attached hydrogens (tertiary/aromatic N) is 1. The summed E-state index contributed by atoms with van der Waals surface area (Å²) in [4.78, 5) is 16.4. The van der Waals surface area contributed by atoms with Gasteiger partial charge in [0.1, 0.15) is 5.75 Å². The third-order valence-electron chi connectivity index (χ3n) is 5.80. The number of carboxylic acid groups (broad SMARTS) is 1. The van der Waals surface area contributed by atoms with Crippen molar-refractivity contribution in [1.29, 1.82) is 0 Å². The van der Waals surface area contributed by atoms with Gasteiger partial charge in [-0.2, -0.15) is 0 Å². The first-order valence-electron chi connectivity index (χ1n) is 9.79. The minimum absolute atomic E-state index is 0.104. The quantitative estimate of drug-likeness (QED) is 0.429. The van der Waals surface area contributed by atoms with E-state index in [1.807, 2.05) is 43.3 Å². The van der Waals surface area contributed by atoms with E-state index in [-0.39, 0.29) is 6.42 Å². The summed E-state index contributed by atoms with van der Waals surface area (Å²) < 4.78 is 5.85. The fraction of sp³-hybridized carbons (Fsp3) is 0.167. The van der Waals surface area contributed by atoms with Crippen molar-refractivity contribution >= 4 is 33.3 Å². The van der Waals surface area contributed by atoms with E-state index >= 15 is 0 Å². The van der Waals surface area contributed by atoms with Gasteiger partial charge in [0.05, 0.1) is 24.2 Å². The Morgan fingerprint density at radius 2 is 2.07 bits per heavy atom. The minimum Gasteiger partial charge on any atom is -0.493 e. The lowest BCUT2D eigenvalue weighted by Crippen LogP contribution is -2.10. The number of carboxylic acids is 1. The Bertz CT molecular complexity index is 1320. The van der Waals surface area contributed by atoms with Crippen LogP contribution in [0.3, 0.4) is 0 Å². The zero-order chi connectivity index (χ0) is 20.8. The van der Waals surface area contributed by atoms with E-state index < -0.39 is 5.97 Å². The molecule has 0 spiro atoms. The maximum atomic E-state index is 11.7. The van der Waals surface area contributed by atoms with E-state index in [4.69, 9.17) is 4.74 Å². The number of aliphatic carboxylic acids is 1. The number of aryl methyl sites for hydroxylation is 1. The fourth-order valence-corrected chi connectivity index (χ4v) is 4.49. The fourth-order valence-electron chi connectivity index (χ4n) is 4.49. The standard InChI is InChI=1S/C24H20N2O4/c1-13-11-18-15(3-2-4-19(18)26-29)23(17(13)12-21(27)28)16-5-6-20-22-14(8-10-30-20)7-9-25-24(16)22/h2-7,9,11,26,29H,8,10,12H2,1H3,(H,27,28). The number of nitrogens with one attached hydrogen (secondary N) is 1. The van der Waals surface area contributed by atoms with Crippen LogP contribution in [0.1, 0.15) is 16.7 Å². The Hall–Kier alpha value is -3.64. The molecule has 30 heavy (non-hydrogen) atoms. The normalized spacial score (nSPS) is 12.7. The minimum atomic E-state index is -0.894. The highest BCUT2D eigenvalue weighted by Crippen LogP contribution is 2.43. The van der Waals surface area contributed by atoms with Gasteiger partial charge < -0.3 is 9.84 Å². The van der Waals surface area contributed by atoms with Crippen LogP contribution in [0.5, 0.6) is 5.75 Å². The molecule has 0 saturated carbocycles. The number of pyridine rings is 1. The molecule has 150 valence electrons. The molecule has 1 aliphatic heterocycles. The number of ether oxygens (including phenoxy) is 1. The SMILES string of the molecule is Cc1cc2c(NO)cccc2c(-c2ccc3c4c(ccnc24)CCO3)c1CC(=O)O. The van der Waals surface area contributed by atoms with Gasteiger partial charge in [-0.05, 0) is 64.9 Å². The first-order chi connectivity index (χ1) is 14.6. The van der Waals surface area contributed by atoms with Gasteiger partial charge in [-0.1, -0.05) is 12.1 Å². The smallest absolute Gasteiger partial charge is 0.307 e. The predicted molar refractivity (Wildman–Crippen MR) is 115 cm³/mol. The number of hydrogen-bond donors (Lipinski definition) is 3. The Morgan fingerprint density at radius 3 is 2.87 bits per heavy atom. The molecule has 0 fully saturated rings. The van der Waals surface area contributed by atoms with Gasteiger partial charge in [0, 0.05) is 29.0 Å². The summed E-state index contributed by atoms with van der Waals surface area (Å²) in [6.07, 6.45) is 2.50. The predicted octanol–water partition coefficient (Wildman–Crippen LogP) is 4.73. The van der Waals surface area contributed by atoms with Gasteiger partial charge in [-0.3, -0.25) is 20.5 Å². The van der Waals surface area contributed by atoms with E-state index in [0.717, 1.165) is 56.1 Å². The van der Waals surface area contributed by atoms with Crippen molar-refractivity contribution < 1.29 is 19.8 Å². The maximum absolute atomic E-state index is 11.7. The monoisotopic (exact) mass is 400 g/mol. The summed E-state index contributed by atoms with van der Waals surface area (Å²) in [7, 11) is 0. The van der Waals surface area contributed by atoms with Crippen LogP contribution in [0.2, 0.25) is 0 Å². The van der Waals surface area contributed by atoms with Gasteiger partial charge in [0.25, 0.3) is 0 Å². The van der Waals surface area contributed by atoms with E-state index in [2.05, 4.69) is 10.5 Å². The number of fused-ring (bicyclic) bond motifs is 1. The second-order valence-corrected chi connectivity index (χ2v) is 7.53. The zero-order valence-electron chi connectivity index (χ0n) is 16.4. The summed E-state index contributed by atoms with van der Waals surface area (Å²) in [6.45, 7) is 2.53. The summed E-state index contributed by atoms with van der Waals surface area (Å²) in [6, 6.07) is 13.4. The lowest BCUT2D eigenvalue weighted by Gasteiger charge is -2.22. The molecule has 0 saturated heterocycles. The molecule has 0 amide bonds. The Kier molecular flexibility index (Phi) is 4.29. The van der Waals surface area contributed by atoms with Crippen LogP contribution in [0.4, 0.5) is 5.69 Å². The highest BCUT2D eigenvalue weighted by molar-refractivity contribution is 6.11. The van der Waals surface area contributed by atoms with Crippen LogP contribution >= 0.6 is 0 Å². The van der Waals surface area contributed by atoms with Gasteiger partial charge in [0.2, 0.25) is 0 Å². The number of aromatic nitrogens is 1.